The number of sulfonamides is 1. The number of aryl methyl sites for hydroxylation is 1. The van der Waals surface area contributed by atoms with Crippen molar-refractivity contribution in [1.29, 1.82) is 0 Å². The Kier molecular flexibility index (Phi) is 3.78. The van der Waals surface area contributed by atoms with Crippen LogP contribution in [-0.2, 0) is 17.1 Å². The van der Waals surface area contributed by atoms with Gasteiger partial charge in [-0.2, -0.15) is 0 Å². The highest BCUT2D eigenvalue weighted by molar-refractivity contribution is 7.89. The topological polar surface area (TPSA) is 81.3 Å². The lowest BCUT2D eigenvalue weighted by Crippen LogP contribution is -2.31. The number of oxazole rings is 1. The van der Waals surface area contributed by atoms with E-state index in [0.29, 0.717) is 23.9 Å². The van der Waals surface area contributed by atoms with Crippen molar-refractivity contribution in [2.45, 2.75) is 30.6 Å². The molecule has 3 atom stereocenters. The van der Waals surface area contributed by atoms with Gasteiger partial charge in [-0.15, -0.1) is 0 Å². The molecule has 1 aromatic carbocycles. The summed E-state index contributed by atoms with van der Waals surface area (Å²) in [4.78, 5) is 11.5. The molecule has 0 aliphatic heterocycles. The van der Waals surface area contributed by atoms with Gasteiger partial charge in [0.2, 0.25) is 10.0 Å². The predicted molar refractivity (Wildman–Crippen MR) is 90.6 cm³/mol. The third-order valence-corrected chi connectivity index (χ3v) is 7.44. The van der Waals surface area contributed by atoms with Gasteiger partial charge in [-0.1, -0.05) is 18.0 Å². The van der Waals surface area contributed by atoms with Crippen LogP contribution in [0.25, 0.3) is 11.1 Å². The number of aromatic nitrogens is 1. The molecule has 1 N–H and O–H groups in total. The number of hydrogen-bond acceptors (Lipinski definition) is 4. The summed E-state index contributed by atoms with van der Waals surface area (Å²) in [5, 5.41) is 0.0827. The summed E-state index contributed by atoms with van der Waals surface area (Å²) in [6, 6.07) is 2.77. The zero-order chi connectivity index (χ0) is 17.1. The van der Waals surface area contributed by atoms with Gasteiger partial charge in [0.15, 0.2) is 5.58 Å². The highest BCUT2D eigenvalue weighted by Crippen LogP contribution is 2.48. The third-order valence-electron chi connectivity index (χ3n) is 5.56. The molecule has 2 fully saturated rings. The molecule has 130 valence electrons. The van der Waals surface area contributed by atoms with Crippen molar-refractivity contribution in [3.63, 3.8) is 0 Å². The molecule has 2 bridgehead atoms. The number of halogens is 1. The molecule has 1 aromatic heterocycles. The molecule has 4 rings (SSSR count). The van der Waals surface area contributed by atoms with E-state index in [1.54, 1.807) is 7.05 Å². The van der Waals surface area contributed by atoms with Crippen molar-refractivity contribution >= 4 is 32.7 Å². The van der Waals surface area contributed by atoms with E-state index < -0.39 is 15.8 Å². The number of rotatable bonds is 4. The monoisotopic (exact) mass is 370 g/mol. The maximum Gasteiger partial charge on any atom is 0.419 e. The van der Waals surface area contributed by atoms with Gasteiger partial charge < -0.3 is 4.42 Å². The normalized spacial score (nSPS) is 26.5. The van der Waals surface area contributed by atoms with Gasteiger partial charge in [-0.3, -0.25) is 4.57 Å². The van der Waals surface area contributed by atoms with E-state index in [-0.39, 0.29) is 15.5 Å². The summed E-state index contributed by atoms with van der Waals surface area (Å²) in [5.74, 6) is 1.27. The second kappa shape index (κ2) is 5.61. The van der Waals surface area contributed by atoms with Crippen molar-refractivity contribution in [1.82, 2.24) is 9.29 Å². The average Bonchev–Trinajstić information content (AvgIpc) is 3.22. The standard InChI is InChI=1S/C16H19ClN2O4S/c1-19-13-6-12(17)15(7-14(13)23-16(19)20)24(21,22)18-8-11-5-9-2-3-10(11)4-9/h6-7,9-11,18H,2-5,8H2,1H3/t9-,10+,11+/m0/s1. The molecule has 8 heteroatoms. The molecule has 2 saturated carbocycles. The first kappa shape index (κ1) is 16.2. The Morgan fingerprint density at radius 1 is 1.33 bits per heavy atom. The Balaban J connectivity index is 1.60. The summed E-state index contributed by atoms with van der Waals surface area (Å²) in [7, 11) is -2.20. The Hall–Kier alpha value is -1.31. The van der Waals surface area contributed by atoms with Gasteiger partial charge in [0.1, 0.15) is 4.90 Å². The van der Waals surface area contributed by atoms with Crippen molar-refractivity contribution in [3.05, 3.63) is 27.7 Å². The smallest absolute Gasteiger partial charge is 0.408 e. The Labute approximate surface area is 144 Å². The average molecular weight is 371 g/mol. The fourth-order valence-corrected chi connectivity index (χ4v) is 5.89. The lowest BCUT2D eigenvalue weighted by molar-refractivity contribution is 0.333. The number of fused-ring (bicyclic) bond motifs is 3. The molecule has 0 amide bonds. The lowest BCUT2D eigenvalue weighted by Gasteiger charge is -2.21. The van der Waals surface area contributed by atoms with Crippen LogP contribution < -0.4 is 10.5 Å². The van der Waals surface area contributed by atoms with Crippen LogP contribution in [0.3, 0.4) is 0 Å². The van der Waals surface area contributed by atoms with E-state index in [9.17, 15) is 13.2 Å². The predicted octanol–water partition coefficient (Wildman–Crippen LogP) is 2.50. The Morgan fingerprint density at radius 2 is 2.12 bits per heavy atom. The fourth-order valence-electron chi connectivity index (χ4n) is 4.26. The van der Waals surface area contributed by atoms with Gasteiger partial charge in [0, 0.05) is 19.7 Å². The van der Waals surface area contributed by atoms with E-state index in [1.807, 2.05) is 0 Å². The molecule has 0 unspecified atom stereocenters. The zero-order valence-corrected chi connectivity index (χ0v) is 14.9. The van der Waals surface area contributed by atoms with Crippen LogP contribution in [-0.4, -0.2) is 19.5 Å². The van der Waals surface area contributed by atoms with Gasteiger partial charge >= 0.3 is 5.76 Å². The first-order valence-electron chi connectivity index (χ1n) is 8.14. The molecule has 1 heterocycles. The lowest BCUT2D eigenvalue weighted by atomic mass is 9.89. The van der Waals surface area contributed by atoms with Crippen LogP contribution >= 0.6 is 11.6 Å². The van der Waals surface area contributed by atoms with Crippen LogP contribution in [0.4, 0.5) is 0 Å². The second-order valence-electron chi connectivity index (χ2n) is 6.96. The second-order valence-corrected chi connectivity index (χ2v) is 9.11. The number of nitrogens with one attached hydrogen (secondary N) is 1. The van der Waals surface area contributed by atoms with Gasteiger partial charge in [-0.25, -0.2) is 17.9 Å². The molecular weight excluding hydrogens is 352 g/mol. The van der Waals surface area contributed by atoms with Crippen molar-refractivity contribution in [3.8, 4) is 0 Å². The van der Waals surface area contributed by atoms with Crippen LogP contribution in [0.15, 0.2) is 26.2 Å². The largest absolute Gasteiger partial charge is 0.419 e. The number of nitrogens with zero attached hydrogens (tertiary/aromatic N) is 1. The van der Waals surface area contributed by atoms with Crippen LogP contribution in [0.5, 0.6) is 0 Å². The van der Waals surface area contributed by atoms with E-state index in [0.717, 1.165) is 12.3 Å². The first-order valence-corrected chi connectivity index (χ1v) is 10.00. The maximum absolute atomic E-state index is 12.6. The van der Waals surface area contributed by atoms with Gasteiger partial charge in [-0.05, 0) is 43.1 Å². The molecule has 2 aromatic rings. The number of benzene rings is 1. The maximum atomic E-state index is 12.6. The highest BCUT2D eigenvalue weighted by atomic mass is 35.5. The molecule has 24 heavy (non-hydrogen) atoms. The molecule has 6 nitrogen and oxygen atoms in total. The summed E-state index contributed by atoms with van der Waals surface area (Å²) < 4.78 is 34.3. The number of hydrogen-bond donors (Lipinski definition) is 1. The molecule has 0 radical (unpaired) electrons. The van der Waals surface area contributed by atoms with Crippen molar-refractivity contribution in [2.24, 2.45) is 24.8 Å². The van der Waals surface area contributed by atoms with Gasteiger partial charge in [0.25, 0.3) is 0 Å². The SMILES string of the molecule is Cn1c(=O)oc2cc(S(=O)(=O)NC[C@H]3C[C@H]4CC[C@@H]3C4)c(Cl)cc21. The molecular formula is C16H19ClN2O4S. The molecule has 0 saturated heterocycles. The van der Waals surface area contributed by atoms with Crippen LogP contribution in [0.2, 0.25) is 5.02 Å². The van der Waals surface area contributed by atoms with Crippen LogP contribution in [0, 0.1) is 17.8 Å². The summed E-state index contributed by atoms with van der Waals surface area (Å²) in [6.07, 6.45) is 4.82. The minimum Gasteiger partial charge on any atom is -0.408 e. The molecule has 2 aliphatic carbocycles. The van der Waals surface area contributed by atoms with Crippen molar-refractivity contribution in [2.75, 3.05) is 6.54 Å². The fraction of sp³-hybridized carbons (Fsp3) is 0.562. The zero-order valence-electron chi connectivity index (χ0n) is 13.3. The molecule has 2 aliphatic rings. The third kappa shape index (κ3) is 2.59. The molecule has 0 spiro atoms. The Bertz CT molecular complexity index is 962. The van der Waals surface area contributed by atoms with Gasteiger partial charge in [0.05, 0.1) is 10.5 Å². The highest BCUT2D eigenvalue weighted by Gasteiger charge is 2.39. The summed E-state index contributed by atoms with van der Waals surface area (Å²) >= 11 is 6.15. The minimum atomic E-state index is -3.74. The van der Waals surface area contributed by atoms with Crippen LogP contribution in [0.1, 0.15) is 25.7 Å². The van der Waals surface area contributed by atoms with Crippen molar-refractivity contribution < 1.29 is 12.8 Å². The van der Waals surface area contributed by atoms with E-state index in [4.69, 9.17) is 16.0 Å². The quantitative estimate of drug-likeness (QED) is 0.896. The Morgan fingerprint density at radius 3 is 2.79 bits per heavy atom. The van der Waals surface area contributed by atoms with E-state index in [2.05, 4.69) is 4.72 Å². The van der Waals surface area contributed by atoms with E-state index in [1.165, 1.54) is 36.0 Å². The van der Waals surface area contributed by atoms with E-state index >= 15 is 0 Å². The minimum absolute atomic E-state index is 0.0471. The summed E-state index contributed by atoms with van der Waals surface area (Å²) in [5.41, 5.74) is 0.684. The summed E-state index contributed by atoms with van der Waals surface area (Å²) in [6.45, 7) is 0.441. The first-order chi connectivity index (χ1) is 11.3.